The monoisotopic (exact) mass is 780 g/mol. The number of benzene rings is 3. The van der Waals surface area contributed by atoms with Crippen molar-refractivity contribution in [3.63, 3.8) is 0 Å². The molecule has 0 aliphatic carbocycles. The van der Waals surface area contributed by atoms with Gasteiger partial charge in [-0.15, -0.1) is 0 Å². The minimum absolute atomic E-state index is 0.0165. The Morgan fingerprint density at radius 1 is 0.690 bits per heavy atom. The first-order valence-electron chi connectivity index (χ1n) is 20.2. The quantitative estimate of drug-likeness (QED) is 0.0944. The van der Waals surface area contributed by atoms with E-state index in [2.05, 4.69) is 79.1 Å². The van der Waals surface area contributed by atoms with Gasteiger partial charge in [0.15, 0.2) is 0 Å². The second kappa shape index (κ2) is 15.5. The number of likely N-dealkylation sites (tertiary alicyclic amines) is 2. The van der Waals surface area contributed by atoms with Crippen LogP contribution in [0.25, 0.3) is 44.2 Å². The van der Waals surface area contributed by atoms with Gasteiger partial charge < -0.3 is 39.2 Å². The summed E-state index contributed by atoms with van der Waals surface area (Å²) < 4.78 is 10.8. The van der Waals surface area contributed by atoms with E-state index in [1.54, 1.807) is 12.4 Å². The molecule has 0 bridgehead atoms. The Morgan fingerprint density at radius 2 is 1.24 bits per heavy atom. The van der Waals surface area contributed by atoms with Crippen LogP contribution >= 0.6 is 0 Å². The Hall–Kier alpha value is -6.44. The lowest BCUT2D eigenvalue weighted by Gasteiger charge is -2.30. The average Bonchev–Trinajstić information content (AvgIpc) is 4.08. The highest BCUT2D eigenvalue weighted by Gasteiger charge is 2.38. The van der Waals surface area contributed by atoms with Crippen LogP contribution in [-0.2, 0) is 9.59 Å². The normalized spacial score (nSPS) is 18.2. The molecule has 0 radical (unpaired) electrons. The van der Waals surface area contributed by atoms with Gasteiger partial charge in [0.2, 0.25) is 11.8 Å². The number of carbonyl (C=O) groups is 2. The molecule has 4 aromatic heterocycles. The van der Waals surface area contributed by atoms with E-state index in [9.17, 15) is 9.59 Å². The molecule has 6 heterocycles. The molecule has 2 aliphatic rings. The number of H-pyrrole nitrogens is 2. The summed E-state index contributed by atoms with van der Waals surface area (Å²) in [5, 5.41) is 8.60. The molecule has 3 aromatic carbocycles. The van der Waals surface area contributed by atoms with Crippen molar-refractivity contribution in [3.05, 3.63) is 97.4 Å². The molecule has 14 nitrogen and oxygen atoms in total. The van der Waals surface area contributed by atoms with Gasteiger partial charge >= 0.3 is 0 Å². The minimum Gasteiger partial charge on any atom is -0.432 e. The van der Waals surface area contributed by atoms with Crippen molar-refractivity contribution in [2.24, 2.45) is 11.8 Å². The number of hydrogen-bond donors (Lipinski definition) is 4. The highest BCUT2D eigenvalue weighted by molar-refractivity contribution is 5.92. The first-order valence-corrected chi connectivity index (χ1v) is 20.2. The van der Waals surface area contributed by atoms with Gasteiger partial charge in [-0.2, -0.15) is 0 Å². The summed E-state index contributed by atoms with van der Waals surface area (Å²) in [6, 6.07) is 18.7. The zero-order valence-electron chi connectivity index (χ0n) is 33.1. The molecule has 2 saturated heterocycles. The predicted octanol–water partition coefficient (Wildman–Crippen LogP) is 8.35. The van der Waals surface area contributed by atoms with Crippen LogP contribution in [-0.4, -0.2) is 76.7 Å². The smallest absolute Gasteiger partial charge is 0.295 e. The van der Waals surface area contributed by atoms with Crippen molar-refractivity contribution >= 4 is 45.6 Å². The van der Waals surface area contributed by atoms with Crippen LogP contribution in [0.1, 0.15) is 77.1 Å². The maximum atomic E-state index is 13.9. The molecule has 4 atom stereocenters. The fourth-order valence-corrected chi connectivity index (χ4v) is 8.48. The molecule has 4 unspecified atom stereocenters. The molecule has 2 amide bonds. The lowest BCUT2D eigenvalue weighted by molar-refractivity contribution is -0.134. The molecule has 58 heavy (non-hydrogen) atoms. The van der Waals surface area contributed by atoms with Gasteiger partial charge in [-0.05, 0) is 83.7 Å². The van der Waals surface area contributed by atoms with Gasteiger partial charge in [-0.25, -0.2) is 19.9 Å². The molecule has 298 valence electrons. The molecule has 2 aliphatic heterocycles. The van der Waals surface area contributed by atoms with Crippen molar-refractivity contribution in [2.75, 3.05) is 23.7 Å². The second-order valence-electron chi connectivity index (χ2n) is 16.1. The number of fused-ring (bicyclic) bond motifs is 2. The Kier molecular flexibility index (Phi) is 9.92. The van der Waals surface area contributed by atoms with Gasteiger partial charge in [0, 0.05) is 18.7 Å². The highest BCUT2D eigenvalue weighted by Crippen LogP contribution is 2.36. The Morgan fingerprint density at radius 3 is 1.83 bits per heavy atom. The third-order valence-electron chi connectivity index (χ3n) is 11.6. The van der Waals surface area contributed by atoms with E-state index in [-0.39, 0.29) is 35.7 Å². The first kappa shape index (κ1) is 37.2. The Bertz CT molecular complexity index is 2540. The van der Waals surface area contributed by atoms with Crippen molar-refractivity contribution in [1.82, 2.24) is 39.7 Å². The molecule has 4 N–H and O–H groups in total. The van der Waals surface area contributed by atoms with Gasteiger partial charge in [-0.1, -0.05) is 58.0 Å². The minimum atomic E-state index is -0.464. The summed E-state index contributed by atoms with van der Waals surface area (Å²) in [5.74, 6) is 1.70. The van der Waals surface area contributed by atoms with E-state index in [0.717, 1.165) is 81.5 Å². The molecule has 14 heteroatoms. The van der Waals surface area contributed by atoms with Crippen molar-refractivity contribution < 1.29 is 18.4 Å². The summed E-state index contributed by atoms with van der Waals surface area (Å²) in [6.45, 7) is 9.42. The molecule has 2 fully saturated rings. The van der Waals surface area contributed by atoms with Gasteiger partial charge in [-0.3, -0.25) is 9.59 Å². The second-order valence-corrected chi connectivity index (χ2v) is 16.1. The zero-order chi connectivity index (χ0) is 39.9. The van der Waals surface area contributed by atoms with Gasteiger partial charge in [0.05, 0.1) is 47.4 Å². The van der Waals surface area contributed by atoms with Gasteiger partial charge in [0.25, 0.3) is 12.0 Å². The summed E-state index contributed by atoms with van der Waals surface area (Å²) in [6.07, 6.45) is 11.5. The number of nitrogens with zero attached hydrogens (tertiary/aromatic N) is 6. The van der Waals surface area contributed by atoms with Crippen LogP contribution < -0.4 is 10.6 Å². The summed E-state index contributed by atoms with van der Waals surface area (Å²) in [5.41, 5.74) is 5.91. The van der Waals surface area contributed by atoms with E-state index in [1.807, 2.05) is 49.8 Å². The third kappa shape index (κ3) is 7.18. The number of carbonyl (C=O) groups excluding carboxylic acids is 2. The number of oxazole rings is 2. The number of aromatic nitrogens is 6. The average molecular weight is 781 g/mol. The number of hydrogen-bond acceptors (Lipinski definition) is 10. The standard InChI is InChI=1S/C44H48N10O4/c1-25(2)37(51-43-45-15-19-57-43)41(55)53-17-5-7-35(53)39-47-24-34(50-39)31-12-11-27-21-28(9-10-29(27)22-31)30-13-14-32-33(23-30)49-40(48-32)36-8-6-18-54(36)42(56)38(26(3)4)52-44-46-16-20-58-44/h9-16,19-26,35-38H,5-8,17-18H2,1-4H3,(H,45,51)(H,46,52)(H,47,50)(H,48,49). The highest BCUT2D eigenvalue weighted by atomic mass is 16.4. The van der Waals surface area contributed by atoms with Crippen molar-refractivity contribution in [2.45, 2.75) is 77.5 Å². The predicted molar refractivity (Wildman–Crippen MR) is 221 cm³/mol. The van der Waals surface area contributed by atoms with Crippen molar-refractivity contribution in [3.8, 4) is 22.4 Å². The lowest BCUT2D eigenvalue weighted by atomic mass is 9.99. The number of aromatic amines is 2. The van der Waals surface area contributed by atoms with E-state index in [1.165, 1.54) is 12.5 Å². The number of amides is 2. The largest absolute Gasteiger partial charge is 0.432 e. The molecular formula is C44H48N10O4. The van der Waals surface area contributed by atoms with E-state index in [4.69, 9.17) is 18.8 Å². The summed E-state index contributed by atoms with van der Waals surface area (Å²) >= 11 is 0. The third-order valence-corrected chi connectivity index (χ3v) is 11.6. The van der Waals surface area contributed by atoms with E-state index in [0.29, 0.717) is 25.1 Å². The molecule has 7 aromatic rings. The summed E-state index contributed by atoms with van der Waals surface area (Å²) in [7, 11) is 0. The number of nitrogens with one attached hydrogen (secondary N) is 4. The first-order chi connectivity index (χ1) is 28.2. The van der Waals surface area contributed by atoms with E-state index >= 15 is 0 Å². The molecule has 9 rings (SSSR count). The van der Waals surface area contributed by atoms with Crippen LogP contribution in [0.2, 0.25) is 0 Å². The van der Waals surface area contributed by atoms with E-state index < -0.39 is 12.1 Å². The molecular weight excluding hydrogens is 733 g/mol. The van der Waals surface area contributed by atoms with Crippen LogP contribution in [0.4, 0.5) is 12.0 Å². The lowest BCUT2D eigenvalue weighted by Crippen LogP contribution is -2.45. The summed E-state index contributed by atoms with van der Waals surface area (Å²) in [4.78, 5) is 56.7. The van der Waals surface area contributed by atoms with Gasteiger partial charge in [0.1, 0.15) is 36.3 Å². The van der Waals surface area contributed by atoms with Crippen LogP contribution in [0.5, 0.6) is 0 Å². The Balaban J connectivity index is 0.905. The Labute approximate surface area is 335 Å². The van der Waals surface area contributed by atoms with Crippen molar-refractivity contribution in [1.29, 1.82) is 0 Å². The maximum absolute atomic E-state index is 13.9. The maximum Gasteiger partial charge on any atom is 0.295 e. The fraction of sp³-hybridized carbons (Fsp3) is 0.364. The van der Waals surface area contributed by atoms with Crippen LogP contribution in [0, 0.1) is 11.8 Å². The number of rotatable bonds is 12. The topological polar surface area (TPSA) is 174 Å². The molecule has 0 spiro atoms. The zero-order valence-corrected chi connectivity index (χ0v) is 33.1. The SMILES string of the molecule is CC(C)C(Nc1ncco1)C(=O)N1CCCC1c1ncc(-c2ccc3cc(-c4ccc5nc(C6CCCN6C(=O)C(Nc6ncco6)C(C)C)[nH]c5c4)ccc3c2)[nH]1. The van der Waals surface area contributed by atoms with Crippen LogP contribution in [0.3, 0.4) is 0 Å². The molecule has 0 saturated carbocycles. The number of anilines is 2. The number of imidazole rings is 2. The van der Waals surface area contributed by atoms with Crippen LogP contribution in [0.15, 0.2) is 94.5 Å². The fourth-order valence-electron chi connectivity index (χ4n) is 8.48.